The minimum Gasteiger partial charge on any atom is -0.396 e. The Morgan fingerprint density at radius 2 is 2.11 bits per heavy atom. The van der Waals surface area contributed by atoms with E-state index < -0.39 is 5.82 Å². The van der Waals surface area contributed by atoms with Gasteiger partial charge in [-0.25, -0.2) is 9.51 Å². The zero-order chi connectivity index (χ0) is 13.3. The van der Waals surface area contributed by atoms with E-state index >= 15 is 0 Å². The van der Waals surface area contributed by atoms with E-state index in [0.717, 1.165) is 11.4 Å². The third kappa shape index (κ3) is 2.30. The highest BCUT2D eigenvalue weighted by Crippen LogP contribution is 2.27. The summed E-state index contributed by atoms with van der Waals surface area (Å²) in [5, 5.41) is 6.05. The fraction of sp³-hybridized carbons (Fsp3) is 0.308. The second-order valence-corrected chi connectivity index (χ2v) is 4.44. The van der Waals surface area contributed by atoms with Gasteiger partial charge in [0.2, 0.25) is 0 Å². The number of hydrogen-bond acceptors (Lipinski definition) is 4. The molecule has 2 rings (SSSR count). The van der Waals surface area contributed by atoms with Crippen LogP contribution < -0.4 is 11.2 Å². The van der Waals surface area contributed by atoms with Crippen LogP contribution in [-0.2, 0) is 0 Å². The molecule has 0 saturated heterocycles. The predicted octanol–water partition coefficient (Wildman–Crippen LogP) is 2.57. The number of allylic oxidation sites excluding steroid dienone is 2. The van der Waals surface area contributed by atoms with E-state index in [1.165, 1.54) is 6.07 Å². The molecule has 96 valence electrons. The number of nitrogens with two attached hydrogens (primary N) is 1. The van der Waals surface area contributed by atoms with Crippen molar-refractivity contribution in [1.29, 1.82) is 0 Å². The number of halogens is 1. The van der Waals surface area contributed by atoms with Crippen molar-refractivity contribution < 1.29 is 4.39 Å². The third-order valence-electron chi connectivity index (χ3n) is 2.89. The highest BCUT2D eigenvalue weighted by molar-refractivity contribution is 5.93. The summed E-state index contributed by atoms with van der Waals surface area (Å²) in [6, 6.07) is 4.66. The molecular formula is C13H17FN4. The Hall–Kier alpha value is -2.04. The molecule has 0 bridgehead atoms. The van der Waals surface area contributed by atoms with Crippen LogP contribution in [0.3, 0.4) is 0 Å². The van der Waals surface area contributed by atoms with Gasteiger partial charge in [0, 0.05) is 11.3 Å². The van der Waals surface area contributed by atoms with Gasteiger partial charge in [0.15, 0.2) is 0 Å². The first-order chi connectivity index (χ1) is 8.49. The summed E-state index contributed by atoms with van der Waals surface area (Å²) >= 11 is 0. The Kier molecular flexibility index (Phi) is 3.23. The zero-order valence-corrected chi connectivity index (χ0v) is 10.7. The van der Waals surface area contributed by atoms with Gasteiger partial charge in [-0.3, -0.25) is 5.43 Å². The number of nitrogen functional groups attached to an aromatic ring is 1. The minimum absolute atomic E-state index is 0.153. The Bertz CT molecular complexity index is 522. The van der Waals surface area contributed by atoms with Crippen LogP contribution in [0.15, 0.2) is 35.1 Å². The molecule has 5 heteroatoms. The standard InChI is InChI=1S/C13H17FN4/c1-8-7-9(2)17-18(16-8)10(3)11-5-4-6-12(14)13(11)15/h4-7,10,16H,15H2,1-3H3. The number of benzene rings is 1. The van der Waals surface area contributed by atoms with Crippen molar-refractivity contribution in [1.82, 2.24) is 10.5 Å². The van der Waals surface area contributed by atoms with E-state index in [4.69, 9.17) is 5.73 Å². The Balaban J connectivity index is 2.30. The van der Waals surface area contributed by atoms with Crippen molar-refractivity contribution in [2.45, 2.75) is 26.8 Å². The molecular weight excluding hydrogens is 231 g/mol. The molecule has 4 nitrogen and oxygen atoms in total. The van der Waals surface area contributed by atoms with E-state index in [0.29, 0.717) is 5.56 Å². The van der Waals surface area contributed by atoms with E-state index in [2.05, 4.69) is 10.5 Å². The topological polar surface area (TPSA) is 53.6 Å². The lowest BCUT2D eigenvalue weighted by molar-refractivity contribution is 0.159. The van der Waals surface area contributed by atoms with Gasteiger partial charge in [-0.1, -0.05) is 12.1 Å². The largest absolute Gasteiger partial charge is 0.396 e. The van der Waals surface area contributed by atoms with Crippen molar-refractivity contribution in [2.75, 3.05) is 5.73 Å². The third-order valence-corrected chi connectivity index (χ3v) is 2.89. The molecule has 3 N–H and O–H groups in total. The van der Waals surface area contributed by atoms with Crippen LogP contribution in [0.25, 0.3) is 0 Å². The van der Waals surface area contributed by atoms with Gasteiger partial charge in [-0.2, -0.15) is 5.10 Å². The Morgan fingerprint density at radius 1 is 1.39 bits per heavy atom. The smallest absolute Gasteiger partial charge is 0.146 e. The van der Waals surface area contributed by atoms with Crippen molar-refractivity contribution in [3.8, 4) is 0 Å². The molecule has 0 aliphatic carbocycles. The van der Waals surface area contributed by atoms with Gasteiger partial charge in [0.05, 0.1) is 17.4 Å². The maximum absolute atomic E-state index is 13.4. The van der Waals surface area contributed by atoms with Crippen molar-refractivity contribution in [3.63, 3.8) is 0 Å². The molecule has 0 fully saturated rings. The molecule has 1 aliphatic heterocycles. The van der Waals surface area contributed by atoms with E-state index in [1.807, 2.05) is 32.9 Å². The maximum Gasteiger partial charge on any atom is 0.146 e. The molecule has 18 heavy (non-hydrogen) atoms. The summed E-state index contributed by atoms with van der Waals surface area (Å²) in [4.78, 5) is 0. The lowest BCUT2D eigenvalue weighted by Gasteiger charge is -2.31. The highest BCUT2D eigenvalue weighted by atomic mass is 19.1. The Labute approximate surface area is 106 Å². The molecule has 1 heterocycles. The lowest BCUT2D eigenvalue weighted by atomic mass is 10.1. The predicted molar refractivity (Wildman–Crippen MR) is 71.1 cm³/mol. The summed E-state index contributed by atoms with van der Waals surface area (Å²) in [5.74, 6) is -0.399. The summed E-state index contributed by atoms with van der Waals surface area (Å²) < 4.78 is 13.4. The SMILES string of the molecule is CC1=CC(C)=NN(C(C)c2cccc(F)c2N)N1. The number of nitrogens with zero attached hydrogens (tertiary/aromatic N) is 2. The molecule has 0 amide bonds. The van der Waals surface area contributed by atoms with Gasteiger partial charge >= 0.3 is 0 Å². The minimum atomic E-state index is -0.399. The number of rotatable bonds is 2. The number of hydrazine groups is 1. The van der Waals surface area contributed by atoms with E-state index in [9.17, 15) is 4.39 Å². The van der Waals surface area contributed by atoms with Gasteiger partial charge in [0.1, 0.15) is 5.82 Å². The number of para-hydroxylation sites is 1. The molecule has 0 spiro atoms. The maximum atomic E-state index is 13.4. The Morgan fingerprint density at radius 3 is 2.78 bits per heavy atom. The average molecular weight is 248 g/mol. The molecule has 0 radical (unpaired) electrons. The summed E-state index contributed by atoms with van der Waals surface area (Å²) in [6.07, 6.45) is 1.94. The van der Waals surface area contributed by atoms with Crippen LogP contribution in [0.1, 0.15) is 32.4 Å². The molecule has 0 saturated carbocycles. The normalized spacial score (nSPS) is 16.8. The van der Waals surface area contributed by atoms with E-state index in [1.54, 1.807) is 11.2 Å². The van der Waals surface area contributed by atoms with Crippen molar-refractivity contribution in [2.24, 2.45) is 5.10 Å². The average Bonchev–Trinajstić information content (AvgIpc) is 2.30. The second-order valence-electron chi connectivity index (χ2n) is 4.44. The second kappa shape index (κ2) is 4.68. The number of anilines is 1. The van der Waals surface area contributed by atoms with Crippen LogP contribution in [0.5, 0.6) is 0 Å². The van der Waals surface area contributed by atoms with Gasteiger partial charge in [0.25, 0.3) is 0 Å². The van der Waals surface area contributed by atoms with Crippen molar-refractivity contribution >= 4 is 11.4 Å². The quantitative estimate of drug-likeness (QED) is 0.791. The first-order valence-electron chi connectivity index (χ1n) is 5.82. The molecule has 1 aromatic rings. The van der Waals surface area contributed by atoms with Crippen LogP contribution in [0.2, 0.25) is 0 Å². The highest BCUT2D eigenvalue weighted by Gasteiger charge is 2.20. The van der Waals surface area contributed by atoms with Gasteiger partial charge < -0.3 is 5.73 Å². The van der Waals surface area contributed by atoms with Crippen LogP contribution in [-0.4, -0.2) is 10.8 Å². The molecule has 1 unspecified atom stereocenters. The number of hydrogen-bond donors (Lipinski definition) is 2. The van der Waals surface area contributed by atoms with Gasteiger partial charge in [-0.15, -0.1) is 0 Å². The fourth-order valence-corrected chi connectivity index (χ4v) is 1.98. The number of nitrogens with one attached hydrogen (secondary N) is 1. The first kappa shape index (κ1) is 12.4. The monoisotopic (exact) mass is 248 g/mol. The van der Waals surface area contributed by atoms with Crippen LogP contribution >= 0.6 is 0 Å². The first-order valence-corrected chi connectivity index (χ1v) is 5.82. The number of hydrazone groups is 1. The molecule has 1 aromatic carbocycles. The van der Waals surface area contributed by atoms with Gasteiger partial charge in [-0.05, 0) is 32.9 Å². The van der Waals surface area contributed by atoms with Crippen molar-refractivity contribution in [3.05, 3.63) is 41.4 Å². The molecule has 0 aromatic heterocycles. The lowest BCUT2D eigenvalue weighted by Crippen LogP contribution is -2.38. The van der Waals surface area contributed by atoms with E-state index in [-0.39, 0.29) is 11.7 Å². The van der Waals surface area contributed by atoms with Crippen LogP contribution in [0, 0.1) is 5.82 Å². The van der Waals surface area contributed by atoms with Crippen LogP contribution in [0.4, 0.5) is 10.1 Å². The molecule has 1 atom stereocenters. The zero-order valence-electron chi connectivity index (χ0n) is 10.7. The summed E-state index contributed by atoms with van der Waals surface area (Å²) in [7, 11) is 0. The molecule has 1 aliphatic rings. The summed E-state index contributed by atoms with van der Waals surface area (Å²) in [5.41, 5.74) is 11.7. The summed E-state index contributed by atoms with van der Waals surface area (Å²) in [6.45, 7) is 5.79. The fourth-order valence-electron chi connectivity index (χ4n) is 1.98.